The second kappa shape index (κ2) is 7.44. The van der Waals surface area contributed by atoms with Crippen LogP contribution in [0.4, 0.5) is 13.2 Å². The fourth-order valence-corrected chi connectivity index (χ4v) is 2.59. The van der Waals surface area contributed by atoms with Crippen molar-refractivity contribution in [2.45, 2.75) is 12.8 Å². The summed E-state index contributed by atoms with van der Waals surface area (Å²) in [7, 11) is 0. The number of carbonyl (C=O) groups excluding carboxylic acids is 1. The van der Waals surface area contributed by atoms with E-state index in [0.717, 1.165) is 24.5 Å². The molecule has 3 aromatic carbocycles. The van der Waals surface area contributed by atoms with Crippen LogP contribution in [0.15, 0.2) is 61.2 Å². The Hall–Kier alpha value is -3.08. The van der Waals surface area contributed by atoms with Crippen molar-refractivity contribution in [2.75, 3.05) is 0 Å². The van der Waals surface area contributed by atoms with Crippen LogP contribution in [0.1, 0.15) is 22.3 Å². The molecule has 0 aromatic heterocycles. The maximum absolute atomic E-state index is 13.7. The summed E-state index contributed by atoms with van der Waals surface area (Å²) in [5, 5.41) is 0.0155. The molecule has 0 bridgehead atoms. The van der Waals surface area contributed by atoms with E-state index in [-0.39, 0.29) is 16.5 Å². The third-order valence-electron chi connectivity index (χ3n) is 3.98. The SMILES string of the molecule is C=CCCc1ccc(C(=O)Oc2ccc3c(F)c(F)c(F)cc3c2)cc1. The lowest BCUT2D eigenvalue weighted by Crippen LogP contribution is -2.08. The van der Waals surface area contributed by atoms with Gasteiger partial charge in [-0.05, 0) is 60.2 Å². The first-order chi connectivity index (χ1) is 12.5. The molecular weight excluding hydrogens is 341 g/mol. The third kappa shape index (κ3) is 3.61. The van der Waals surface area contributed by atoms with Crippen LogP contribution in [0.25, 0.3) is 10.8 Å². The molecule has 5 heteroatoms. The molecule has 0 atom stereocenters. The Kier molecular flexibility index (Phi) is 5.07. The molecule has 0 spiro atoms. The fourth-order valence-electron chi connectivity index (χ4n) is 2.59. The molecule has 0 saturated carbocycles. The van der Waals surface area contributed by atoms with Gasteiger partial charge in [0.05, 0.1) is 5.56 Å². The van der Waals surface area contributed by atoms with Gasteiger partial charge in [-0.15, -0.1) is 6.58 Å². The Morgan fingerprint density at radius 2 is 1.73 bits per heavy atom. The first-order valence-electron chi connectivity index (χ1n) is 7.99. The first-order valence-corrected chi connectivity index (χ1v) is 7.99. The van der Waals surface area contributed by atoms with E-state index < -0.39 is 23.4 Å². The van der Waals surface area contributed by atoms with Gasteiger partial charge >= 0.3 is 5.97 Å². The molecular formula is C21H15F3O2. The van der Waals surface area contributed by atoms with E-state index in [4.69, 9.17) is 4.74 Å². The molecule has 3 aromatic rings. The van der Waals surface area contributed by atoms with Crippen LogP contribution in [0, 0.1) is 17.5 Å². The lowest BCUT2D eigenvalue weighted by atomic mass is 10.1. The summed E-state index contributed by atoms with van der Waals surface area (Å²) in [6.07, 6.45) is 3.49. The van der Waals surface area contributed by atoms with Crippen molar-refractivity contribution in [3.63, 3.8) is 0 Å². The van der Waals surface area contributed by atoms with Crippen molar-refractivity contribution >= 4 is 16.7 Å². The molecule has 0 amide bonds. The smallest absolute Gasteiger partial charge is 0.343 e. The van der Waals surface area contributed by atoms with Crippen molar-refractivity contribution in [3.05, 3.63) is 89.8 Å². The van der Waals surface area contributed by atoms with Crippen LogP contribution in [0.3, 0.4) is 0 Å². The van der Waals surface area contributed by atoms with Crippen LogP contribution in [0.5, 0.6) is 5.75 Å². The lowest BCUT2D eigenvalue weighted by molar-refractivity contribution is 0.0735. The quantitative estimate of drug-likeness (QED) is 0.258. The zero-order valence-electron chi connectivity index (χ0n) is 13.8. The largest absolute Gasteiger partial charge is 0.423 e. The van der Waals surface area contributed by atoms with Gasteiger partial charge in [-0.2, -0.15) is 0 Å². The predicted octanol–water partition coefficient (Wildman–Crippen LogP) is 5.59. The normalized spacial score (nSPS) is 10.7. The van der Waals surface area contributed by atoms with Gasteiger partial charge in [-0.1, -0.05) is 18.2 Å². The summed E-state index contributed by atoms with van der Waals surface area (Å²) < 4.78 is 45.6. The van der Waals surface area contributed by atoms with Gasteiger partial charge in [-0.25, -0.2) is 18.0 Å². The third-order valence-corrected chi connectivity index (χ3v) is 3.98. The Balaban J connectivity index is 1.80. The highest BCUT2D eigenvalue weighted by Gasteiger charge is 2.15. The average Bonchev–Trinajstić information content (AvgIpc) is 2.65. The average molecular weight is 356 g/mol. The summed E-state index contributed by atoms with van der Waals surface area (Å²) in [5.74, 6) is -4.58. The van der Waals surface area contributed by atoms with Gasteiger partial charge in [0.1, 0.15) is 5.75 Å². The van der Waals surface area contributed by atoms with Gasteiger partial charge in [0.2, 0.25) is 0 Å². The summed E-state index contributed by atoms with van der Waals surface area (Å²) in [6, 6.07) is 11.7. The van der Waals surface area contributed by atoms with Crippen molar-refractivity contribution in [2.24, 2.45) is 0 Å². The minimum atomic E-state index is -1.53. The molecule has 2 nitrogen and oxygen atoms in total. The maximum atomic E-state index is 13.7. The van der Waals surface area contributed by atoms with Crippen LogP contribution in [-0.2, 0) is 6.42 Å². The molecule has 0 aliphatic carbocycles. The number of halogens is 3. The molecule has 0 saturated heterocycles. The van der Waals surface area contributed by atoms with E-state index in [1.807, 2.05) is 18.2 Å². The number of esters is 1. The van der Waals surface area contributed by atoms with E-state index in [2.05, 4.69) is 6.58 Å². The molecule has 26 heavy (non-hydrogen) atoms. The van der Waals surface area contributed by atoms with Crippen molar-refractivity contribution in [3.8, 4) is 5.75 Å². The molecule has 0 aliphatic rings. The fraction of sp³-hybridized carbons (Fsp3) is 0.0952. The Labute approximate surface area is 148 Å². The molecule has 0 N–H and O–H groups in total. The van der Waals surface area contributed by atoms with Gasteiger partial charge < -0.3 is 4.74 Å². The van der Waals surface area contributed by atoms with Crippen molar-refractivity contribution in [1.82, 2.24) is 0 Å². The molecule has 0 unspecified atom stereocenters. The number of fused-ring (bicyclic) bond motifs is 1. The maximum Gasteiger partial charge on any atom is 0.343 e. The van der Waals surface area contributed by atoms with Crippen LogP contribution in [-0.4, -0.2) is 5.97 Å². The summed E-state index contributed by atoms with van der Waals surface area (Å²) in [5.41, 5.74) is 1.42. The van der Waals surface area contributed by atoms with Crippen LogP contribution >= 0.6 is 0 Å². The highest BCUT2D eigenvalue weighted by atomic mass is 19.2. The topological polar surface area (TPSA) is 26.3 Å². The minimum absolute atomic E-state index is 0.0877. The number of ether oxygens (including phenoxy) is 1. The number of allylic oxidation sites excluding steroid dienone is 1. The van der Waals surface area contributed by atoms with Gasteiger partial charge in [-0.3, -0.25) is 0 Å². The van der Waals surface area contributed by atoms with Crippen LogP contribution in [0.2, 0.25) is 0 Å². The minimum Gasteiger partial charge on any atom is -0.423 e. The number of carbonyl (C=O) groups is 1. The molecule has 132 valence electrons. The highest BCUT2D eigenvalue weighted by Crippen LogP contribution is 2.27. The Bertz CT molecular complexity index is 979. The van der Waals surface area contributed by atoms with E-state index in [9.17, 15) is 18.0 Å². The zero-order valence-corrected chi connectivity index (χ0v) is 13.8. The number of rotatable bonds is 5. The predicted molar refractivity (Wildman–Crippen MR) is 93.7 cm³/mol. The lowest BCUT2D eigenvalue weighted by Gasteiger charge is -2.08. The summed E-state index contributed by atoms with van der Waals surface area (Å²) >= 11 is 0. The molecule has 0 radical (unpaired) electrons. The highest BCUT2D eigenvalue weighted by molar-refractivity contribution is 5.92. The summed E-state index contributed by atoms with van der Waals surface area (Å²) in [6.45, 7) is 3.66. The van der Waals surface area contributed by atoms with E-state index in [0.29, 0.717) is 5.56 Å². The second-order valence-electron chi connectivity index (χ2n) is 5.78. The van der Waals surface area contributed by atoms with Crippen LogP contribution < -0.4 is 4.74 Å². The number of hydrogen-bond donors (Lipinski definition) is 0. The second-order valence-corrected chi connectivity index (χ2v) is 5.78. The number of aryl methyl sites for hydroxylation is 1. The van der Waals surface area contributed by atoms with E-state index in [1.165, 1.54) is 18.2 Å². The van der Waals surface area contributed by atoms with Gasteiger partial charge in [0.15, 0.2) is 17.5 Å². The molecule has 0 aliphatic heterocycles. The van der Waals surface area contributed by atoms with Crippen molar-refractivity contribution in [1.29, 1.82) is 0 Å². The first kappa shape index (κ1) is 17.7. The zero-order chi connectivity index (χ0) is 18.7. The monoisotopic (exact) mass is 356 g/mol. The summed E-state index contributed by atoms with van der Waals surface area (Å²) in [4.78, 5) is 12.2. The number of benzene rings is 3. The Morgan fingerprint density at radius 1 is 1.00 bits per heavy atom. The number of hydrogen-bond acceptors (Lipinski definition) is 2. The molecule has 3 rings (SSSR count). The standard InChI is InChI=1S/C21H15F3O2/c1-2-3-4-13-5-7-14(8-6-13)21(25)26-16-9-10-17-15(11-16)12-18(22)20(24)19(17)23/h2,5-12H,1,3-4H2. The van der Waals surface area contributed by atoms with Crippen molar-refractivity contribution < 1.29 is 22.7 Å². The molecule has 0 fully saturated rings. The Morgan fingerprint density at radius 3 is 2.42 bits per heavy atom. The molecule has 0 heterocycles. The van der Waals surface area contributed by atoms with Gasteiger partial charge in [0, 0.05) is 5.39 Å². The van der Waals surface area contributed by atoms with E-state index in [1.54, 1.807) is 12.1 Å². The van der Waals surface area contributed by atoms with E-state index >= 15 is 0 Å². The van der Waals surface area contributed by atoms with Gasteiger partial charge in [0.25, 0.3) is 0 Å².